The van der Waals surface area contributed by atoms with Gasteiger partial charge < -0.3 is 20.5 Å². The summed E-state index contributed by atoms with van der Waals surface area (Å²) < 4.78 is 0. The highest BCUT2D eigenvalue weighted by Gasteiger charge is 2.17. The first-order valence-electron chi connectivity index (χ1n) is 6.36. The van der Waals surface area contributed by atoms with Gasteiger partial charge in [0.15, 0.2) is 0 Å². The standard InChI is InChI=1S/C12H23N5O2/c1-8(2)10-14-11(16-13)9(3)12(15-10)17(4-6-18)5-7-19/h8,18-19H,4-7,13H2,1-3H3,(H,14,15,16). The summed E-state index contributed by atoms with van der Waals surface area (Å²) in [7, 11) is 0. The lowest BCUT2D eigenvalue weighted by Gasteiger charge is -2.25. The second kappa shape index (κ2) is 7.22. The Labute approximate surface area is 113 Å². The highest BCUT2D eigenvalue weighted by Crippen LogP contribution is 2.25. The number of nitrogen functional groups attached to an aromatic ring is 1. The summed E-state index contributed by atoms with van der Waals surface area (Å²) in [6.45, 7) is 6.64. The zero-order chi connectivity index (χ0) is 14.4. The number of hydrazine groups is 1. The van der Waals surface area contributed by atoms with Gasteiger partial charge in [-0.2, -0.15) is 0 Å². The molecule has 1 aromatic rings. The van der Waals surface area contributed by atoms with Crippen LogP contribution >= 0.6 is 0 Å². The molecular weight excluding hydrogens is 246 g/mol. The maximum Gasteiger partial charge on any atom is 0.148 e. The quantitative estimate of drug-likeness (QED) is 0.407. The van der Waals surface area contributed by atoms with Crippen LogP contribution in [0.25, 0.3) is 0 Å². The number of aliphatic hydroxyl groups is 2. The van der Waals surface area contributed by atoms with Crippen molar-refractivity contribution in [2.24, 2.45) is 5.84 Å². The maximum absolute atomic E-state index is 9.11. The Hall–Kier alpha value is -1.44. The predicted octanol–water partition coefficient (Wildman–Crippen LogP) is -0.0150. The number of nitrogens with one attached hydrogen (secondary N) is 1. The summed E-state index contributed by atoms with van der Waals surface area (Å²) in [4.78, 5) is 10.7. The Balaban J connectivity index is 3.25. The average molecular weight is 269 g/mol. The van der Waals surface area contributed by atoms with Crippen molar-refractivity contribution < 1.29 is 10.2 Å². The highest BCUT2D eigenvalue weighted by molar-refractivity contribution is 5.58. The summed E-state index contributed by atoms with van der Waals surface area (Å²) in [5.41, 5.74) is 3.37. The minimum absolute atomic E-state index is 0.00809. The van der Waals surface area contributed by atoms with Crippen molar-refractivity contribution in [3.05, 3.63) is 11.4 Å². The molecule has 0 unspecified atom stereocenters. The minimum atomic E-state index is -0.00809. The van der Waals surface area contributed by atoms with E-state index in [0.29, 0.717) is 30.5 Å². The van der Waals surface area contributed by atoms with Crippen molar-refractivity contribution in [1.82, 2.24) is 9.97 Å². The number of aromatic nitrogens is 2. The van der Waals surface area contributed by atoms with Crippen molar-refractivity contribution in [2.75, 3.05) is 36.6 Å². The number of hydrogen-bond donors (Lipinski definition) is 4. The number of rotatable bonds is 7. The lowest BCUT2D eigenvalue weighted by Crippen LogP contribution is -2.32. The van der Waals surface area contributed by atoms with Crippen LogP contribution in [0.1, 0.15) is 31.2 Å². The summed E-state index contributed by atoms with van der Waals surface area (Å²) in [5, 5.41) is 18.2. The van der Waals surface area contributed by atoms with E-state index in [4.69, 9.17) is 16.1 Å². The van der Waals surface area contributed by atoms with Crippen LogP contribution < -0.4 is 16.2 Å². The third-order valence-corrected chi connectivity index (χ3v) is 2.83. The predicted molar refractivity (Wildman–Crippen MR) is 75.1 cm³/mol. The topological polar surface area (TPSA) is 108 Å². The van der Waals surface area contributed by atoms with Crippen molar-refractivity contribution in [3.63, 3.8) is 0 Å². The number of nitrogens with two attached hydrogens (primary N) is 1. The summed E-state index contributed by atoms with van der Waals surface area (Å²) >= 11 is 0. The molecule has 0 aliphatic rings. The minimum Gasteiger partial charge on any atom is -0.395 e. The lowest BCUT2D eigenvalue weighted by atomic mass is 10.2. The highest BCUT2D eigenvalue weighted by atomic mass is 16.3. The van der Waals surface area contributed by atoms with Crippen molar-refractivity contribution >= 4 is 11.6 Å². The first kappa shape index (κ1) is 15.6. The van der Waals surface area contributed by atoms with E-state index in [1.165, 1.54) is 0 Å². The van der Waals surface area contributed by atoms with Crippen LogP contribution in [0.2, 0.25) is 0 Å². The molecule has 0 aliphatic heterocycles. The lowest BCUT2D eigenvalue weighted by molar-refractivity contribution is 0.280. The average Bonchev–Trinajstić information content (AvgIpc) is 2.38. The molecule has 0 aliphatic carbocycles. The van der Waals surface area contributed by atoms with Crippen LogP contribution in [0.4, 0.5) is 11.6 Å². The Morgan fingerprint density at radius 3 is 2.21 bits per heavy atom. The molecule has 0 amide bonds. The molecule has 1 aromatic heterocycles. The van der Waals surface area contributed by atoms with E-state index in [1.807, 2.05) is 25.7 Å². The first-order chi connectivity index (χ1) is 9.04. The van der Waals surface area contributed by atoms with Crippen LogP contribution in [-0.2, 0) is 0 Å². The largest absolute Gasteiger partial charge is 0.395 e. The molecular formula is C12H23N5O2. The molecule has 0 saturated carbocycles. The summed E-state index contributed by atoms with van der Waals surface area (Å²) in [5.74, 6) is 7.57. The van der Waals surface area contributed by atoms with E-state index >= 15 is 0 Å². The van der Waals surface area contributed by atoms with Gasteiger partial charge >= 0.3 is 0 Å². The van der Waals surface area contributed by atoms with E-state index in [1.54, 1.807) is 0 Å². The fraction of sp³-hybridized carbons (Fsp3) is 0.667. The third kappa shape index (κ3) is 3.76. The third-order valence-electron chi connectivity index (χ3n) is 2.83. The monoisotopic (exact) mass is 269 g/mol. The van der Waals surface area contributed by atoms with Gasteiger partial charge in [-0.15, -0.1) is 0 Å². The van der Waals surface area contributed by atoms with Gasteiger partial charge in [-0.1, -0.05) is 13.8 Å². The Morgan fingerprint density at radius 2 is 1.79 bits per heavy atom. The SMILES string of the molecule is Cc1c(NN)nc(C(C)C)nc1N(CCO)CCO. The molecule has 1 rings (SSSR count). The van der Waals surface area contributed by atoms with Gasteiger partial charge in [-0.05, 0) is 6.92 Å². The zero-order valence-corrected chi connectivity index (χ0v) is 11.7. The molecule has 0 spiro atoms. The zero-order valence-electron chi connectivity index (χ0n) is 11.7. The van der Waals surface area contributed by atoms with Gasteiger partial charge in [0.2, 0.25) is 0 Å². The van der Waals surface area contributed by atoms with Gasteiger partial charge in [0.05, 0.1) is 13.2 Å². The van der Waals surface area contributed by atoms with Gasteiger partial charge in [-0.25, -0.2) is 15.8 Å². The Bertz CT molecular complexity index is 405. The van der Waals surface area contributed by atoms with Crippen molar-refractivity contribution in [3.8, 4) is 0 Å². The van der Waals surface area contributed by atoms with E-state index in [0.717, 1.165) is 5.56 Å². The van der Waals surface area contributed by atoms with Crippen LogP contribution in [0.5, 0.6) is 0 Å². The van der Waals surface area contributed by atoms with Crippen molar-refractivity contribution in [1.29, 1.82) is 0 Å². The van der Waals surface area contributed by atoms with E-state index in [2.05, 4.69) is 15.4 Å². The second-order valence-corrected chi connectivity index (χ2v) is 4.61. The van der Waals surface area contributed by atoms with Gasteiger partial charge in [0, 0.05) is 24.6 Å². The van der Waals surface area contributed by atoms with Crippen molar-refractivity contribution in [2.45, 2.75) is 26.7 Å². The normalized spacial score (nSPS) is 10.9. The van der Waals surface area contributed by atoms with Crippen LogP contribution in [0.3, 0.4) is 0 Å². The molecule has 108 valence electrons. The number of hydrogen-bond acceptors (Lipinski definition) is 7. The smallest absolute Gasteiger partial charge is 0.148 e. The van der Waals surface area contributed by atoms with Gasteiger partial charge in [0.1, 0.15) is 17.5 Å². The molecule has 0 fully saturated rings. The maximum atomic E-state index is 9.11. The molecule has 1 heterocycles. The molecule has 7 heteroatoms. The fourth-order valence-corrected chi connectivity index (χ4v) is 1.79. The van der Waals surface area contributed by atoms with E-state index < -0.39 is 0 Å². The van der Waals surface area contributed by atoms with E-state index in [9.17, 15) is 0 Å². The molecule has 19 heavy (non-hydrogen) atoms. The van der Waals surface area contributed by atoms with Gasteiger partial charge in [-0.3, -0.25) is 0 Å². The Kier molecular flexibility index (Phi) is 5.94. The Morgan fingerprint density at radius 1 is 1.21 bits per heavy atom. The van der Waals surface area contributed by atoms with Gasteiger partial charge in [0.25, 0.3) is 0 Å². The molecule has 0 aromatic carbocycles. The first-order valence-corrected chi connectivity index (χ1v) is 6.36. The molecule has 5 N–H and O–H groups in total. The number of nitrogens with zero attached hydrogens (tertiary/aromatic N) is 3. The molecule has 7 nitrogen and oxygen atoms in total. The summed E-state index contributed by atoms with van der Waals surface area (Å²) in [6, 6.07) is 0. The summed E-state index contributed by atoms with van der Waals surface area (Å²) in [6.07, 6.45) is 0. The van der Waals surface area contributed by atoms with Crippen LogP contribution in [0, 0.1) is 6.92 Å². The van der Waals surface area contributed by atoms with Crippen LogP contribution in [-0.4, -0.2) is 46.5 Å². The van der Waals surface area contributed by atoms with E-state index in [-0.39, 0.29) is 19.1 Å². The fourth-order valence-electron chi connectivity index (χ4n) is 1.79. The second-order valence-electron chi connectivity index (χ2n) is 4.61. The molecule has 0 radical (unpaired) electrons. The molecule has 0 bridgehead atoms. The van der Waals surface area contributed by atoms with Crippen LogP contribution in [0.15, 0.2) is 0 Å². The number of anilines is 2. The molecule has 0 atom stereocenters. The number of aliphatic hydroxyl groups excluding tert-OH is 2. The molecule has 0 saturated heterocycles.